The van der Waals surface area contributed by atoms with Crippen molar-refractivity contribution in [2.24, 2.45) is 11.8 Å². The molecule has 3 nitrogen and oxygen atoms in total. The van der Waals surface area contributed by atoms with E-state index in [4.69, 9.17) is 0 Å². The second-order valence-corrected chi connectivity index (χ2v) is 9.04. The van der Waals surface area contributed by atoms with Gasteiger partial charge in [-0.25, -0.2) is 0 Å². The van der Waals surface area contributed by atoms with Gasteiger partial charge in [0, 0.05) is 30.6 Å². The Bertz CT molecular complexity index is 713. The first-order valence-electron chi connectivity index (χ1n) is 8.47. The molecular weight excluding hydrogens is 419 g/mol. The highest BCUT2D eigenvalue weighted by molar-refractivity contribution is 14.1. The quantitative estimate of drug-likeness (QED) is 0.514. The van der Waals surface area contributed by atoms with Crippen molar-refractivity contribution >= 4 is 44.1 Å². The number of halogens is 1. The van der Waals surface area contributed by atoms with Gasteiger partial charge in [0.05, 0.1) is 10.2 Å². The third-order valence-corrected chi connectivity index (χ3v) is 6.18. The van der Waals surface area contributed by atoms with Gasteiger partial charge in [-0.1, -0.05) is 53.8 Å². The smallest absolute Gasteiger partial charge is 0.301 e. The molecule has 0 spiro atoms. The van der Waals surface area contributed by atoms with Gasteiger partial charge in [0.25, 0.3) is 0 Å². The average molecular weight is 444 g/mol. The summed E-state index contributed by atoms with van der Waals surface area (Å²) < 4.78 is 4.22. The minimum Gasteiger partial charge on any atom is -0.301 e. The predicted octanol–water partition coefficient (Wildman–Crippen LogP) is 4.02. The lowest BCUT2D eigenvalue weighted by Gasteiger charge is -2.34. The number of piperidine rings is 1. The monoisotopic (exact) mass is 444 g/mol. The van der Waals surface area contributed by atoms with Crippen molar-refractivity contribution in [2.75, 3.05) is 24.1 Å². The fourth-order valence-electron chi connectivity index (χ4n) is 3.80. The van der Waals surface area contributed by atoms with E-state index < -0.39 is 0 Å². The summed E-state index contributed by atoms with van der Waals surface area (Å²) in [6.45, 7) is 8.80. The zero-order chi connectivity index (χ0) is 16.4. The summed E-state index contributed by atoms with van der Waals surface area (Å²) in [5, 5.41) is 0. The van der Waals surface area contributed by atoms with Gasteiger partial charge in [-0.3, -0.25) is 9.36 Å². The lowest BCUT2D eigenvalue weighted by molar-refractivity contribution is 0.137. The Morgan fingerprint density at radius 2 is 1.96 bits per heavy atom. The molecule has 0 radical (unpaired) electrons. The van der Waals surface area contributed by atoms with Crippen molar-refractivity contribution in [1.29, 1.82) is 0 Å². The van der Waals surface area contributed by atoms with Crippen LogP contribution in [0.4, 0.5) is 0 Å². The average Bonchev–Trinajstić information content (AvgIpc) is 2.79. The van der Waals surface area contributed by atoms with E-state index in [2.05, 4.69) is 59.5 Å². The van der Waals surface area contributed by atoms with Crippen molar-refractivity contribution in [1.82, 2.24) is 9.47 Å². The van der Waals surface area contributed by atoms with Crippen LogP contribution in [0.1, 0.15) is 25.8 Å². The molecule has 0 bridgehead atoms. The molecular formula is C18H25IN2OS. The highest BCUT2D eigenvalue weighted by Gasteiger charge is 2.21. The van der Waals surface area contributed by atoms with E-state index in [-0.39, 0.29) is 4.87 Å². The van der Waals surface area contributed by atoms with Crippen LogP contribution in [-0.2, 0) is 13.0 Å². The van der Waals surface area contributed by atoms with Crippen LogP contribution in [0.15, 0.2) is 23.0 Å². The predicted molar refractivity (Wildman–Crippen MR) is 108 cm³/mol. The minimum atomic E-state index is 0.185. The molecule has 23 heavy (non-hydrogen) atoms. The van der Waals surface area contributed by atoms with E-state index in [0.29, 0.717) is 0 Å². The van der Waals surface area contributed by atoms with Gasteiger partial charge in [0.2, 0.25) is 0 Å². The number of rotatable bonds is 5. The largest absolute Gasteiger partial charge is 0.308 e. The number of aryl methyl sites for hydroxylation is 1. The van der Waals surface area contributed by atoms with Gasteiger partial charge in [0.1, 0.15) is 0 Å². The van der Waals surface area contributed by atoms with Gasteiger partial charge < -0.3 is 4.90 Å². The van der Waals surface area contributed by atoms with Crippen molar-refractivity contribution < 1.29 is 0 Å². The fraction of sp³-hybridized carbons (Fsp3) is 0.611. The number of benzene rings is 1. The minimum absolute atomic E-state index is 0.185. The van der Waals surface area contributed by atoms with Crippen LogP contribution in [0, 0.1) is 11.8 Å². The molecule has 1 saturated heterocycles. The molecule has 1 fully saturated rings. The standard InChI is InChI=1S/C18H25IN2OS/c1-13-9-14(2)12-20(11-13)7-8-21-16-4-3-15(5-6-19)10-17(16)23-18(21)22/h3-4,10,13-14H,5-9,11-12H2,1-2H3. The molecule has 1 aliphatic heterocycles. The molecule has 1 aromatic heterocycles. The van der Waals surface area contributed by atoms with Gasteiger partial charge in [0.15, 0.2) is 0 Å². The van der Waals surface area contributed by atoms with Crippen molar-refractivity contribution in [3.05, 3.63) is 33.4 Å². The van der Waals surface area contributed by atoms with Crippen LogP contribution in [0.5, 0.6) is 0 Å². The molecule has 1 aromatic carbocycles. The Hall–Kier alpha value is -0.400. The zero-order valence-corrected chi connectivity index (χ0v) is 16.9. The molecule has 1 aliphatic rings. The second-order valence-electron chi connectivity index (χ2n) is 6.97. The van der Waals surface area contributed by atoms with Gasteiger partial charge >= 0.3 is 4.87 Å². The molecule has 5 heteroatoms. The molecule has 2 aromatic rings. The molecule has 0 N–H and O–H groups in total. The number of thiazole rings is 1. The Labute approximate surface area is 155 Å². The number of hydrogen-bond acceptors (Lipinski definition) is 3. The maximum atomic E-state index is 12.4. The Kier molecular flexibility index (Phi) is 5.80. The lowest BCUT2D eigenvalue weighted by Crippen LogP contribution is -2.40. The molecule has 126 valence electrons. The number of likely N-dealkylation sites (tertiary alicyclic amines) is 1. The van der Waals surface area contributed by atoms with Crippen LogP contribution in [-0.4, -0.2) is 33.5 Å². The van der Waals surface area contributed by atoms with Crippen LogP contribution in [0.3, 0.4) is 0 Å². The SMILES string of the molecule is CC1CC(C)CN(CCn2c(=O)sc3cc(CCI)ccc32)C1. The summed E-state index contributed by atoms with van der Waals surface area (Å²) in [6, 6.07) is 6.51. The zero-order valence-electron chi connectivity index (χ0n) is 13.9. The maximum Gasteiger partial charge on any atom is 0.308 e. The van der Waals surface area contributed by atoms with E-state index in [9.17, 15) is 4.79 Å². The second kappa shape index (κ2) is 7.66. The highest BCUT2D eigenvalue weighted by atomic mass is 127. The summed E-state index contributed by atoms with van der Waals surface area (Å²) in [5.74, 6) is 1.54. The first kappa shape index (κ1) is 17.4. The highest BCUT2D eigenvalue weighted by Crippen LogP contribution is 2.22. The normalized spacial score (nSPS) is 22.7. The van der Waals surface area contributed by atoms with Gasteiger partial charge in [-0.05, 0) is 42.4 Å². The summed E-state index contributed by atoms with van der Waals surface area (Å²) in [7, 11) is 0. The van der Waals surface area contributed by atoms with Gasteiger partial charge in [-0.2, -0.15) is 0 Å². The first-order chi connectivity index (χ1) is 11.1. The van der Waals surface area contributed by atoms with Gasteiger partial charge in [-0.15, -0.1) is 0 Å². The fourth-order valence-corrected chi connectivity index (χ4v) is 5.41. The molecule has 0 aliphatic carbocycles. The van der Waals surface area contributed by atoms with E-state index in [1.54, 1.807) is 0 Å². The third kappa shape index (κ3) is 4.17. The van der Waals surface area contributed by atoms with Crippen LogP contribution in [0.25, 0.3) is 10.2 Å². The number of fused-ring (bicyclic) bond motifs is 1. The van der Waals surface area contributed by atoms with Crippen molar-refractivity contribution in [2.45, 2.75) is 33.2 Å². The Balaban J connectivity index is 1.75. The third-order valence-electron chi connectivity index (χ3n) is 4.70. The molecule has 0 saturated carbocycles. The van der Waals surface area contributed by atoms with Crippen molar-refractivity contribution in [3.63, 3.8) is 0 Å². The number of aromatic nitrogens is 1. The maximum absolute atomic E-state index is 12.4. The summed E-state index contributed by atoms with van der Waals surface area (Å²) in [4.78, 5) is 15.1. The van der Waals surface area contributed by atoms with E-state index in [0.717, 1.165) is 46.0 Å². The number of alkyl halides is 1. The molecule has 3 rings (SSSR count). The van der Waals surface area contributed by atoms with E-state index in [1.165, 1.54) is 36.4 Å². The number of hydrogen-bond donors (Lipinski definition) is 0. The molecule has 2 unspecified atom stereocenters. The summed E-state index contributed by atoms with van der Waals surface area (Å²) in [5.41, 5.74) is 2.44. The molecule has 2 atom stereocenters. The summed E-state index contributed by atoms with van der Waals surface area (Å²) in [6.07, 6.45) is 2.41. The summed E-state index contributed by atoms with van der Waals surface area (Å²) >= 11 is 3.79. The van der Waals surface area contributed by atoms with Crippen molar-refractivity contribution in [3.8, 4) is 0 Å². The Morgan fingerprint density at radius 1 is 1.22 bits per heavy atom. The first-order valence-corrected chi connectivity index (χ1v) is 10.8. The molecule has 0 amide bonds. The lowest BCUT2D eigenvalue weighted by atomic mass is 9.92. The van der Waals surface area contributed by atoms with Crippen LogP contribution >= 0.6 is 33.9 Å². The molecule has 2 heterocycles. The van der Waals surface area contributed by atoms with Crippen LogP contribution in [0.2, 0.25) is 0 Å². The number of nitrogens with zero attached hydrogens (tertiary/aromatic N) is 2. The van der Waals surface area contributed by atoms with E-state index in [1.807, 2.05) is 4.57 Å². The van der Waals surface area contributed by atoms with E-state index >= 15 is 0 Å². The Morgan fingerprint density at radius 3 is 2.65 bits per heavy atom. The van der Waals surface area contributed by atoms with Crippen LogP contribution < -0.4 is 4.87 Å². The topological polar surface area (TPSA) is 25.2 Å².